The van der Waals surface area contributed by atoms with Gasteiger partial charge in [0.1, 0.15) is 0 Å². The molecule has 6 N–H and O–H groups in total. The fraction of sp³-hybridized carbons (Fsp3) is 0.500. The van der Waals surface area contributed by atoms with Crippen LogP contribution in [0.2, 0.25) is 0 Å². The number of carbonyl (C=O) groups excluding carboxylic acids is 4. The molecule has 0 aliphatic rings. The quantitative estimate of drug-likeness (QED) is 0.209. The third-order valence-electron chi connectivity index (χ3n) is 4.69. The van der Waals surface area contributed by atoms with Gasteiger partial charge in [-0.3, -0.25) is 9.59 Å². The van der Waals surface area contributed by atoms with Gasteiger partial charge in [-0.1, -0.05) is 0 Å². The number of aromatic nitrogens is 4. The minimum Gasteiger partial charge on any atom is -0.548 e. The Morgan fingerprint density at radius 2 is 1.14 bits per heavy atom. The van der Waals surface area contributed by atoms with E-state index in [0.717, 1.165) is 0 Å². The molecule has 0 saturated heterocycles. The Hall–Kier alpha value is -3.26. The van der Waals surface area contributed by atoms with E-state index in [1.807, 2.05) is 0 Å². The van der Waals surface area contributed by atoms with Gasteiger partial charge in [-0.15, -0.1) is 0 Å². The van der Waals surface area contributed by atoms with Gasteiger partial charge in [0.2, 0.25) is 11.8 Å². The second-order valence-corrected chi connectivity index (χ2v) is 7.74. The smallest absolute Gasteiger partial charge is 0.548 e. The van der Waals surface area contributed by atoms with E-state index in [0.29, 0.717) is 11.4 Å². The summed E-state index contributed by atoms with van der Waals surface area (Å²) >= 11 is 0. The van der Waals surface area contributed by atoms with Gasteiger partial charge in [-0.25, -0.2) is 9.97 Å². The minimum absolute atomic E-state index is 0. The minimum atomic E-state index is -1.35. The van der Waals surface area contributed by atoms with Crippen LogP contribution in [0.3, 0.4) is 0 Å². The molecule has 1 radical (unpaired) electrons. The van der Waals surface area contributed by atoms with Crippen LogP contribution in [-0.2, 0) is 63.2 Å². The number of nitrogens with one attached hydrogen (secondary N) is 2. The van der Waals surface area contributed by atoms with Crippen LogP contribution in [0.15, 0.2) is 25.0 Å². The molecule has 2 amide bonds. The maximum atomic E-state index is 11.3. The number of nitrogens with zero attached hydrogens (tertiary/aromatic N) is 4. The van der Waals surface area contributed by atoms with Crippen molar-refractivity contribution in [1.29, 1.82) is 0 Å². The molecule has 2 aromatic rings. The SMILES string of the molecule is C[C@H](N)C(=O)N[C@@H](Cc1cncn1C)C(=O)[O-].C[C@H](N)C(=O)N[C@@H](Cc1cncn1C)C(=O)[O-].[Cu+2]. The molecule has 2 aromatic heterocycles. The summed E-state index contributed by atoms with van der Waals surface area (Å²) in [6, 6.07) is -3.74. The van der Waals surface area contributed by atoms with E-state index < -0.39 is 47.9 Å². The van der Waals surface area contributed by atoms with Gasteiger partial charge in [-0.05, 0) is 13.8 Å². The first kappa shape index (κ1) is 31.7. The van der Waals surface area contributed by atoms with Crippen LogP contribution >= 0.6 is 0 Å². The molecule has 2 heterocycles. The van der Waals surface area contributed by atoms with Crippen LogP contribution in [0.4, 0.5) is 0 Å². The molecular formula is C20H30CuN8O6. The van der Waals surface area contributed by atoms with Gasteiger partial charge in [-0.2, -0.15) is 0 Å². The van der Waals surface area contributed by atoms with Gasteiger partial charge < -0.3 is 51.0 Å². The maximum Gasteiger partial charge on any atom is 2.00 e. The molecule has 0 spiro atoms. The van der Waals surface area contributed by atoms with Crippen molar-refractivity contribution in [3.63, 3.8) is 0 Å². The first-order valence-corrected chi connectivity index (χ1v) is 10.3. The second kappa shape index (κ2) is 14.9. The Balaban J connectivity index is 0.000000642. The molecule has 2 rings (SSSR count). The fourth-order valence-corrected chi connectivity index (χ4v) is 2.57. The number of hydrogen-bond acceptors (Lipinski definition) is 10. The number of rotatable bonds is 10. The van der Waals surface area contributed by atoms with Gasteiger partial charge in [0.25, 0.3) is 0 Å². The summed E-state index contributed by atoms with van der Waals surface area (Å²) in [5, 5.41) is 26.4. The molecule has 35 heavy (non-hydrogen) atoms. The summed E-state index contributed by atoms with van der Waals surface area (Å²) in [6.45, 7) is 2.96. The van der Waals surface area contributed by atoms with Crippen molar-refractivity contribution in [1.82, 2.24) is 29.7 Å². The zero-order valence-electron chi connectivity index (χ0n) is 19.7. The van der Waals surface area contributed by atoms with Gasteiger partial charge in [0.15, 0.2) is 0 Å². The third kappa shape index (κ3) is 10.7. The molecule has 0 aliphatic carbocycles. The monoisotopic (exact) mass is 541 g/mol. The summed E-state index contributed by atoms with van der Waals surface area (Å²) in [7, 11) is 3.48. The number of aryl methyl sites for hydroxylation is 2. The Morgan fingerprint density at radius 3 is 1.34 bits per heavy atom. The molecule has 0 saturated carbocycles. The number of carboxylic acids is 2. The van der Waals surface area contributed by atoms with Crippen LogP contribution in [-0.4, -0.2) is 67.0 Å². The normalized spacial score (nSPS) is 13.7. The predicted octanol–water partition coefficient (Wildman–Crippen LogP) is -4.91. The number of hydrogen-bond donors (Lipinski definition) is 4. The number of imidazole rings is 2. The van der Waals surface area contributed by atoms with Gasteiger partial charge in [0.05, 0.1) is 48.8 Å². The zero-order chi connectivity index (χ0) is 26.0. The zero-order valence-corrected chi connectivity index (χ0v) is 20.7. The van der Waals surface area contributed by atoms with Crippen LogP contribution in [0.1, 0.15) is 25.2 Å². The van der Waals surface area contributed by atoms with Crippen molar-refractivity contribution in [3.05, 3.63) is 36.4 Å². The van der Waals surface area contributed by atoms with E-state index in [1.54, 1.807) is 35.9 Å². The number of aliphatic carboxylic acids is 2. The summed E-state index contributed by atoms with van der Waals surface area (Å²) < 4.78 is 3.35. The Morgan fingerprint density at radius 1 is 0.829 bits per heavy atom. The van der Waals surface area contributed by atoms with Crippen molar-refractivity contribution < 1.29 is 46.5 Å². The molecular weight excluding hydrogens is 512 g/mol. The molecule has 0 unspecified atom stereocenters. The Kier molecular flexibility index (Phi) is 13.5. The second-order valence-electron chi connectivity index (χ2n) is 7.74. The van der Waals surface area contributed by atoms with E-state index in [4.69, 9.17) is 11.5 Å². The van der Waals surface area contributed by atoms with Crippen LogP contribution in [0.25, 0.3) is 0 Å². The molecule has 0 aliphatic heterocycles. The van der Waals surface area contributed by atoms with E-state index >= 15 is 0 Å². The molecule has 4 atom stereocenters. The first-order chi connectivity index (χ1) is 15.8. The molecule has 197 valence electrons. The summed E-state index contributed by atoms with van der Waals surface area (Å²) in [6.07, 6.45) is 6.39. The summed E-state index contributed by atoms with van der Waals surface area (Å²) in [5.74, 6) is -3.75. The van der Waals surface area contributed by atoms with Crippen molar-refractivity contribution in [2.75, 3.05) is 0 Å². The van der Waals surface area contributed by atoms with E-state index in [9.17, 15) is 29.4 Å². The number of nitrogens with two attached hydrogens (primary N) is 2. The topological polar surface area (TPSA) is 226 Å². The summed E-state index contributed by atoms with van der Waals surface area (Å²) in [5.41, 5.74) is 12.1. The van der Waals surface area contributed by atoms with Crippen LogP contribution < -0.4 is 32.3 Å². The Bertz CT molecular complexity index is 912. The van der Waals surface area contributed by atoms with E-state index in [1.165, 1.54) is 26.2 Å². The average Bonchev–Trinajstić information content (AvgIpc) is 3.34. The van der Waals surface area contributed by atoms with Gasteiger partial charge >= 0.3 is 17.1 Å². The molecule has 14 nitrogen and oxygen atoms in total. The molecule has 0 aromatic carbocycles. The molecule has 15 heteroatoms. The van der Waals surface area contributed by atoms with Gasteiger partial charge in [0, 0.05) is 50.7 Å². The maximum absolute atomic E-state index is 11.3. The van der Waals surface area contributed by atoms with Crippen molar-refractivity contribution in [3.8, 4) is 0 Å². The average molecular weight is 542 g/mol. The number of carboxylic acid groups (broad SMARTS) is 2. The molecule has 0 bridgehead atoms. The van der Waals surface area contributed by atoms with E-state index in [2.05, 4.69) is 20.6 Å². The Labute approximate surface area is 212 Å². The van der Waals surface area contributed by atoms with Crippen LogP contribution in [0.5, 0.6) is 0 Å². The number of carbonyl (C=O) groups is 4. The summed E-state index contributed by atoms with van der Waals surface area (Å²) in [4.78, 5) is 52.2. The van der Waals surface area contributed by atoms with Crippen molar-refractivity contribution in [2.45, 2.75) is 50.9 Å². The number of amides is 2. The first-order valence-electron chi connectivity index (χ1n) is 10.3. The third-order valence-corrected chi connectivity index (χ3v) is 4.69. The van der Waals surface area contributed by atoms with Crippen molar-refractivity contribution >= 4 is 23.8 Å². The van der Waals surface area contributed by atoms with E-state index in [-0.39, 0.29) is 29.9 Å². The van der Waals surface area contributed by atoms with Crippen LogP contribution in [0, 0.1) is 0 Å². The standard InChI is InChI=1S/2C10H16N4O3.Cu/c2*1-6(11)9(15)13-8(10(16)17)3-7-4-12-5-14(7)2;/h2*4-6,8H,3,11H2,1-2H3,(H,13,15)(H,16,17);/q;;+2/p-2/t2*6-,8-;/m00./s1. The molecule has 0 fully saturated rings. The fourth-order valence-electron chi connectivity index (χ4n) is 2.57. The van der Waals surface area contributed by atoms with Crippen molar-refractivity contribution in [2.24, 2.45) is 25.6 Å². The predicted molar refractivity (Wildman–Crippen MR) is 115 cm³/mol. The largest absolute Gasteiger partial charge is 2.00 e.